The monoisotopic (exact) mass is 348 g/mol. The van der Waals surface area contributed by atoms with Crippen molar-refractivity contribution in [3.8, 4) is 11.5 Å². The fraction of sp³-hybridized carbons (Fsp3) is 0.619. The average molecular weight is 348 g/mol. The number of phenols is 1. The van der Waals surface area contributed by atoms with Crippen LogP contribution in [-0.4, -0.2) is 23.3 Å². The molecule has 25 heavy (non-hydrogen) atoms. The van der Waals surface area contributed by atoms with Gasteiger partial charge in [0.2, 0.25) is 0 Å². The Morgan fingerprint density at radius 2 is 1.40 bits per heavy atom. The largest absolute Gasteiger partial charge is 0.508 e. The zero-order chi connectivity index (χ0) is 18.5. The van der Waals surface area contributed by atoms with Gasteiger partial charge in [0.05, 0.1) is 12.5 Å². The van der Waals surface area contributed by atoms with Crippen molar-refractivity contribution < 1.29 is 19.4 Å². The number of ether oxygens (including phenoxy) is 1. The molecule has 4 heteroatoms. The van der Waals surface area contributed by atoms with Gasteiger partial charge < -0.3 is 9.84 Å². The number of Topliss-reactive ketones (excluding diaryl/α,β-unsaturated/α-hetero) is 2. The third-order valence-electron chi connectivity index (χ3n) is 4.47. The number of hydrogen-bond acceptors (Lipinski definition) is 4. The molecule has 4 nitrogen and oxygen atoms in total. The summed E-state index contributed by atoms with van der Waals surface area (Å²) >= 11 is 0. The minimum absolute atomic E-state index is 0.0956. The molecule has 0 atom stereocenters. The molecule has 0 heterocycles. The number of carbonyl (C=O) groups excluding carboxylic acids is 2. The normalized spacial score (nSPS) is 10.8. The van der Waals surface area contributed by atoms with E-state index in [1.807, 2.05) is 13.8 Å². The lowest BCUT2D eigenvalue weighted by Crippen LogP contribution is -2.22. The van der Waals surface area contributed by atoms with Crippen LogP contribution in [0, 0.1) is 5.92 Å². The molecular formula is C21H32O4. The zero-order valence-corrected chi connectivity index (χ0v) is 15.6. The SMILES string of the molecule is CCC(=O)C(CCCCCCCCOc1ccc(O)cc1)C(=O)CC. The number of hydrogen-bond donors (Lipinski definition) is 1. The Morgan fingerprint density at radius 1 is 0.880 bits per heavy atom. The Hall–Kier alpha value is -1.84. The maximum absolute atomic E-state index is 11.8. The fourth-order valence-corrected chi connectivity index (χ4v) is 2.88. The van der Waals surface area contributed by atoms with Gasteiger partial charge in [-0.15, -0.1) is 0 Å². The lowest BCUT2D eigenvalue weighted by atomic mass is 9.90. The van der Waals surface area contributed by atoms with Crippen LogP contribution in [-0.2, 0) is 9.59 Å². The number of aromatic hydroxyl groups is 1. The fourth-order valence-electron chi connectivity index (χ4n) is 2.88. The summed E-state index contributed by atoms with van der Waals surface area (Å²) in [6, 6.07) is 6.77. The predicted octanol–water partition coefficient (Wildman–Crippen LogP) is 5.08. The molecule has 0 aliphatic carbocycles. The molecule has 1 N–H and O–H groups in total. The summed E-state index contributed by atoms with van der Waals surface area (Å²) in [5.74, 6) is 0.853. The molecular weight excluding hydrogens is 316 g/mol. The number of carbonyl (C=O) groups is 2. The Balaban J connectivity index is 2.04. The van der Waals surface area contributed by atoms with Crippen LogP contribution >= 0.6 is 0 Å². The quantitative estimate of drug-likeness (QED) is 0.376. The molecule has 0 amide bonds. The second kappa shape index (κ2) is 12.5. The van der Waals surface area contributed by atoms with Crippen molar-refractivity contribution in [1.82, 2.24) is 0 Å². The van der Waals surface area contributed by atoms with Gasteiger partial charge >= 0.3 is 0 Å². The van der Waals surface area contributed by atoms with Crippen LogP contribution in [0.2, 0.25) is 0 Å². The van der Waals surface area contributed by atoms with Gasteiger partial charge in [-0.3, -0.25) is 9.59 Å². The number of phenolic OH excluding ortho intramolecular Hbond substituents is 1. The summed E-state index contributed by atoms with van der Waals surface area (Å²) in [6.45, 7) is 4.35. The highest BCUT2D eigenvalue weighted by molar-refractivity contribution is 6.02. The first kappa shape index (κ1) is 21.2. The van der Waals surface area contributed by atoms with Crippen molar-refractivity contribution in [2.45, 2.75) is 71.6 Å². The third-order valence-corrected chi connectivity index (χ3v) is 4.47. The standard InChI is InChI=1S/C21H32O4/c1-3-20(23)19(21(24)4-2)11-9-7-5-6-8-10-16-25-18-14-12-17(22)13-15-18/h12-15,19,22H,3-11,16H2,1-2H3. The molecule has 0 bridgehead atoms. The number of ketones is 2. The first-order chi connectivity index (χ1) is 12.1. The van der Waals surface area contributed by atoms with E-state index in [0.717, 1.165) is 44.3 Å². The van der Waals surface area contributed by atoms with E-state index in [-0.39, 0.29) is 23.2 Å². The van der Waals surface area contributed by atoms with Crippen LogP contribution < -0.4 is 4.74 Å². The maximum Gasteiger partial charge on any atom is 0.143 e. The number of rotatable bonds is 14. The van der Waals surface area contributed by atoms with Crippen LogP contribution in [0.5, 0.6) is 11.5 Å². The van der Waals surface area contributed by atoms with Gasteiger partial charge in [0.25, 0.3) is 0 Å². The van der Waals surface area contributed by atoms with Crippen molar-refractivity contribution >= 4 is 11.6 Å². The molecule has 0 radical (unpaired) electrons. The summed E-state index contributed by atoms with van der Waals surface area (Å²) in [6.07, 6.45) is 8.04. The van der Waals surface area contributed by atoms with Gasteiger partial charge in [-0.2, -0.15) is 0 Å². The predicted molar refractivity (Wildman–Crippen MR) is 100 cm³/mol. The Morgan fingerprint density at radius 3 is 1.96 bits per heavy atom. The van der Waals surface area contributed by atoms with Crippen LogP contribution in [0.25, 0.3) is 0 Å². The van der Waals surface area contributed by atoms with Gasteiger partial charge in [0.1, 0.15) is 23.1 Å². The van der Waals surface area contributed by atoms with Gasteiger partial charge in [0, 0.05) is 12.8 Å². The smallest absolute Gasteiger partial charge is 0.143 e. The molecule has 0 aromatic heterocycles. The topological polar surface area (TPSA) is 63.6 Å². The van der Waals surface area contributed by atoms with Gasteiger partial charge in [-0.1, -0.05) is 46.0 Å². The molecule has 0 aliphatic rings. The Kier molecular flexibility index (Phi) is 10.6. The minimum atomic E-state index is -0.367. The number of unbranched alkanes of at least 4 members (excludes halogenated alkanes) is 5. The summed E-state index contributed by atoms with van der Waals surface area (Å²) in [4.78, 5) is 23.7. The summed E-state index contributed by atoms with van der Waals surface area (Å²) in [5.41, 5.74) is 0. The molecule has 1 aromatic carbocycles. The van der Waals surface area contributed by atoms with Crippen LogP contribution in [0.4, 0.5) is 0 Å². The van der Waals surface area contributed by atoms with E-state index in [9.17, 15) is 14.7 Å². The third kappa shape index (κ3) is 8.71. The molecule has 1 aromatic rings. The van der Waals surface area contributed by atoms with Crippen molar-refractivity contribution in [1.29, 1.82) is 0 Å². The first-order valence-electron chi connectivity index (χ1n) is 9.55. The highest BCUT2D eigenvalue weighted by Crippen LogP contribution is 2.18. The second-order valence-electron chi connectivity index (χ2n) is 6.44. The highest BCUT2D eigenvalue weighted by Gasteiger charge is 2.22. The zero-order valence-electron chi connectivity index (χ0n) is 15.6. The molecule has 0 saturated carbocycles. The molecule has 140 valence electrons. The lowest BCUT2D eigenvalue weighted by molar-refractivity contribution is -0.132. The average Bonchev–Trinajstić information content (AvgIpc) is 2.63. The van der Waals surface area contributed by atoms with Crippen molar-refractivity contribution in [3.05, 3.63) is 24.3 Å². The van der Waals surface area contributed by atoms with E-state index >= 15 is 0 Å². The van der Waals surface area contributed by atoms with E-state index in [4.69, 9.17) is 4.74 Å². The summed E-state index contributed by atoms with van der Waals surface area (Å²) in [7, 11) is 0. The van der Waals surface area contributed by atoms with E-state index in [1.165, 1.54) is 0 Å². The van der Waals surface area contributed by atoms with Gasteiger partial charge in [-0.05, 0) is 37.1 Å². The Labute approximate surface area is 151 Å². The molecule has 0 unspecified atom stereocenters. The molecule has 1 rings (SSSR count). The second-order valence-corrected chi connectivity index (χ2v) is 6.44. The van der Waals surface area contributed by atoms with Crippen LogP contribution in [0.3, 0.4) is 0 Å². The lowest BCUT2D eigenvalue weighted by Gasteiger charge is -2.12. The summed E-state index contributed by atoms with van der Waals surface area (Å²) < 4.78 is 5.61. The maximum atomic E-state index is 11.8. The minimum Gasteiger partial charge on any atom is -0.508 e. The van der Waals surface area contributed by atoms with Crippen molar-refractivity contribution in [2.75, 3.05) is 6.61 Å². The van der Waals surface area contributed by atoms with Crippen LogP contribution in [0.15, 0.2) is 24.3 Å². The molecule has 0 fully saturated rings. The molecule has 0 spiro atoms. The van der Waals surface area contributed by atoms with E-state index in [0.29, 0.717) is 25.9 Å². The van der Waals surface area contributed by atoms with Crippen molar-refractivity contribution in [3.63, 3.8) is 0 Å². The molecule has 0 aliphatic heterocycles. The van der Waals surface area contributed by atoms with Gasteiger partial charge in [-0.25, -0.2) is 0 Å². The van der Waals surface area contributed by atoms with E-state index in [1.54, 1.807) is 24.3 Å². The highest BCUT2D eigenvalue weighted by atomic mass is 16.5. The summed E-state index contributed by atoms with van der Waals surface area (Å²) in [5, 5.41) is 9.20. The van der Waals surface area contributed by atoms with Crippen LogP contribution in [0.1, 0.15) is 71.6 Å². The van der Waals surface area contributed by atoms with Crippen molar-refractivity contribution in [2.24, 2.45) is 5.92 Å². The molecule has 0 saturated heterocycles. The Bertz CT molecular complexity index is 491. The number of benzene rings is 1. The van der Waals surface area contributed by atoms with Gasteiger partial charge in [0.15, 0.2) is 0 Å². The van der Waals surface area contributed by atoms with E-state index < -0.39 is 0 Å². The first-order valence-corrected chi connectivity index (χ1v) is 9.55. The van der Waals surface area contributed by atoms with E-state index in [2.05, 4.69) is 0 Å².